The smallest absolute Gasteiger partial charge is 0.247 e. The number of rotatable bonds is 11. The molecule has 38 heavy (non-hydrogen) atoms. The van der Waals surface area contributed by atoms with Gasteiger partial charge in [-0.1, -0.05) is 18.7 Å². The van der Waals surface area contributed by atoms with Crippen LogP contribution in [0.3, 0.4) is 0 Å². The van der Waals surface area contributed by atoms with Gasteiger partial charge < -0.3 is 29.7 Å². The van der Waals surface area contributed by atoms with Gasteiger partial charge in [-0.05, 0) is 57.4 Å². The maximum Gasteiger partial charge on any atom is 0.247 e. The van der Waals surface area contributed by atoms with E-state index in [2.05, 4.69) is 32.0 Å². The molecule has 10 nitrogen and oxygen atoms in total. The van der Waals surface area contributed by atoms with Crippen molar-refractivity contribution >= 4 is 40.0 Å². The van der Waals surface area contributed by atoms with E-state index in [1.807, 2.05) is 75.2 Å². The van der Waals surface area contributed by atoms with Crippen molar-refractivity contribution in [1.29, 1.82) is 0 Å². The summed E-state index contributed by atoms with van der Waals surface area (Å²) in [6, 6.07) is 13.5. The quantitative estimate of drug-likeness (QED) is 0.286. The van der Waals surface area contributed by atoms with Crippen LogP contribution in [-0.2, 0) is 11.8 Å². The third-order valence-corrected chi connectivity index (χ3v) is 6.19. The predicted molar refractivity (Wildman–Crippen MR) is 153 cm³/mol. The Morgan fingerprint density at radius 3 is 2.61 bits per heavy atom. The molecule has 0 radical (unpaired) electrons. The topological polar surface area (TPSA) is 100 Å². The number of hydrogen-bond donors (Lipinski definition) is 2. The number of carbonyl (C=O) groups is 1. The molecule has 0 saturated carbocycles. The minimum absolute atomic E-state index is 0.302. The van der Waals surface area contributed by atoms with E-state index in [1.54, 1.807) is 13.3 Å². The molecule has 2 N–H and O–H groups in total. The molecule has 0 atom stereocenters. The van der Waals surface area contributed by atoms with Crippen molar-refractivity contribution in [2.45, 2.75) is 6.42 Å². The SMILES string of the molecule is C=CC(=O)Nc1cc(Nc2nccc(-c3nc4ccccc4n3C)n2)c(OC)cc1N(C)CCCN(C)C. The number of nitrogens with one attached hydrogen (secondary N) is 2. The Hall–Kier alpha value is -4.44. The molecule has 198 valence electrons. The molecule has 4 rings (SSSR count). The molecule has 10 heteroatoms. The fraction of sp³-hybridized carbons (Fsp3) is 0.286. The van der Waals surface area contributed by atoms with Crippen molar-refractivity contribution in [3.63, 3.8) is 0 Å². The van der Waals surface area contributed by atoms with E-state index in [9.17, 15) is 4.79 Å². The van der Waals surface area contributed by atoms with E-state index in [4.69, 9.17) is 14.7 Å². The van der Waals surface area contributed by atoms with Crippen molar-refractivity contribution in [3.8, 4) is 17.3 Å². The van der Waals surface area contributed by atoms with E-state index >= 15 is 0 Å². The molecule has 2 aromatic heterocycles. The van der Waals surface area contributed by atoms with Crippen LogP contribution < -0.4 is 20.3 Å². The Morgan fingerprint density at radius 2 is 1.89 bits per heavy atom. The van der Waals surface area contributed by atoms with Crippen LogP contribution in [0, 0.1) is 0 Å². The molecule has 0 aliphatic carbocycles. The summed E-state index contributed by atoms with van der Waals surface area (Å²) >= 11 is 0. The van der Waals surface area contributed by atoms with Gasteiger partial charge in [-0.2, -0.15) is 0 Å². The van der Waals surface area contributed by atoms with Gasteiger partial charge in [0.05, 0.1) is 35.2 Å². The average molecular weight is 515 g/mol. The Bertz CT molecular complexity index is 1450. The number of methoxy groups -OCH3 is 1. The molecule has 0 fully saturated rings. The first kappa shape index (κ1) is 26.6. The van der Waals surface area contributed by atoms with Gasteiger partial charge in [0.25, 0.3) is 0 Å². The summed E-state index contributed by atoms with van der Waals surface area (Å²) in [5.41, 5.74) is 4.66. The zero-order valence-corrected chi connectivity index (χ0v) is 22.5. The summed E-state index contributed by atoms with van der Waals surface area (Å²) in [4.78, 5) is 30.3. The fourth-order valence-corrected chi connectivity index (χ4v) is 4.22. The third kappa shape index (κ3) is 5.92. The van der Waals surface area contributed by atoms with Crippen LogP contribution in [0.4, 0.5) is 23.0 Å². The lowest BCUT2D eigenvalue weighted by Gasteiger charge is -2.25. The van der Waals surface area contributed by atoms with E-state index in [-0.39, 0.29) is 5.91 Å². The van der Waals surface area contributed by atoms with Gasteiger partial charge in [-0.25, -0.2) is 15.0 Å². The summed E-state index contributed by atoms with van der Waals surface area (Å²) in [5, 5.41) is 6.17. The zero-order valence-electron chi connectivity index (χ0n) is 22.5. The summed E-state index contributed by atoms with van der Waals surface area (Å²) < 4.78 is 7.71. The first-order valence-corrected chi connectivity index (χ1v) is 12.3. The number of anilines is 4. The zero-order chi connectivity index (χ0) is 27.2. The maximum absolute atomic E-state index is 12.3. The Labute approximate surface area is 223 Å². The van der Waals surface area contributed by atoms with E-state index in [1.165, 1.54) is 6.08 Å². The monoisotopic (exact) mass is 514 g/mol. The lowest BCUT2D eigenvalue weighted by Crippen LogP contribution is -2.24. The molecule has 0 saturated heterocycles. The molecule has 0 unspecified atom stereocenters. The van der Waals surface area contributed by atoms with Crippen LogP contribution in [0.2, 0.25) is 0 Å². The number of nitrogens with zero attached hydrogens (tertiary/aromatic N) is 6. The number of hydrogen-bond acceptors (Lipinski definition) is 8. The highest BCUT2D eigenvalue weighted by atomic mass is 16.5. The first-order chi connectivity index (χ1) is 18.3. The fourth-order valence-electron chi connectivity index (χ4n) is 4.22. The summed E-state index contributed by atoms with van der Waals surface area (Å²) in [6.07, 6.45) is 3.89. The normalized spacial score (nSPS) is 11.0. The number of aromatic nitrogens is 4. The van der Waals surface area contributed by atoms with Crippen LogP contribution >= 0.6 is 0 Å². The number of aryl methyl sites for hydroxylation is 1. The highest BCUT2D eigenvalue weighted by Crippen LogP contribution is 2.38. The number of fused-ring (bicyclic) bond motifs is 1. The molecule has 1 amide bonds. The first-order valence-electron chi connectivity index (χ1n) is 12.3. The van der Waals surface area contributed by atoms with Gasteiger partial charge in [-0.15, -0.1) is 0 Å². The molecule has 2 aromatic carbocycles. The van der Waals surface area contributed by atoms with Gasteiger partial charge in [0.2, 0.25) is 11.9 Å². The molecule has 0 aliphatic rings. The Morgan fingerprint density at radius 1 is 1.11 bits per heavy atom. The van der Waals surface area contributed by atoms with Crippen molar-refractivity contribution in [3.05, 3.63) is 61.3 Å². The predicted octanol–water partition coefficient (Wildman–Crippen LogP) is 4.29. The summed E-state index contributed by atoms with van der Waals surface area (Å²) in [6.45, 7) is 5.34. The van der Waals surface area contributed by atoms with Gasteiger partial charge in [-0.3, -0.25) is 4.79 Å². The molecule has 2 heterocycles. The number of ether oxygens (including phenoxy) is 1. The van der Waals surface area contributed by atoms with Crippen molar-refractivity contribution < 1.29 is 9.53 Å². The van der Waals surface area contributed by atoms with Crippen LogP contribution in [0.25, 0.3) is 22.6 Å². The Kier molecular flexibility index (Phi) is 8.22. The summed E-state index contributed by atoms with van der Waals surface area (Å²) in [5.74, 6) is 1.40. The second-order valence-corrected chi connectivity index (χ2v) is 9.22. The minimum atomic E-state index is -0.302. The standard InChI is InChI=1S/C28H34N8O2/c1-7-26(37)30-21-17-22(25(38-6)18-24(21)35(4)16-10-15-34(2)3)33-28-29-14-13-20(32-28)27-31-19-11-8-9-12-23(19)36(27)5/h7-9,11-14,17-18H,1,10,15-16H2,2-6H3,(H,30,37)(H,29,32,33). The second-order valence-electron chi connectivity index (χ2n) is 9.22. The van der Waals surface area contributed by atoms with Crippen LogP contribution in [0.15, 0.2) is 61.3 Å². The van der Waals surface area contributed by atoms with E-state index in [0.717, 1.165) is 42.1 Å². The number of para-hydroxylation sites is 2. The van der Waals surface area contributed by atoms with Gasteiger partial charge in [0.15, 0.2) is 5.82 Å². The van der Waals surface area contributed by atoms with E-state index < -0.39 is 0 Å². The Balaban J connectivity index is 1.67. The molecule has 0 spiro atoms. The van der Waals surface area contributed by atoms with Crippen LogP contribution in [0.5, 0.6) is 5.75 Å². The van der Waals surface area contributed by atoms with Crippen LogP contribution in [0.1, 0.15) is 6.42 Å². The van der Waals surface area contributed by atoms with Gasteiger partial charge >= 0.3 is 0 Å². The molecular formula is C28H34N8O2. The van der Waals surface area contributed by atoms with Gasteiger partial charge in [0, 0.05) is 32.9 Å². The molecule has 0 bridgehead atoms. The third-order valence-electron chi connectivity index (χ3n) is 6.19. The number of carbonyl (C=O) groups excluding carboxylic acids is 1. The summed E-state index contributed by atoms with van der Waals surface area (Å²) in [7, 11) is 9.66. The maximum atomic E-state index is 12.3. The molecule has 0 aliphatic heterocycles. The van der Waals surface area contributed by atoms with Crippen molar-refractivity contribution in [1.82, 2.24) is 24.4 Å². The number of imidazole rings is 1. The van der Waals surface area contributed by atoms with Crippen LogP contribution in [-0.4, -0.2) is 71.7 Å². The van der Waals surface area contributed by atoms with E-state index in [0.29, 0.717) is 28.8 Å². The average Bonchev–Trinajstić information content (AvgIpc) is 3.25. The number of amides is 1. The highest BCUT2D eigenvalue weighted by Gasteiger charge is 2.17. The highest BCUT2D eigenvalue weighted by molar-refractivity contribution is 6.02. The largest absolute Gasteiger partial charge is 0.494 e. The minimum Gasteiger partial charge on any atom is -0.494 e. The lowest BCUT2D eigenvalue weighted by molar-refractivity contribution is -0.111. The van der Waals surface area contributed by atoms with Gasteiger partial charge in [0.1, 0.15) is 11.4 Å². The second kappa shape index (κ2) is 11.7. The van der Waals surface area contributed by atoms with Crippen molar-refractivity contribution in [2.75, 3.05) is 56.9 Å². The lowest BCUT2D eigenvalue weighted by atomic mass is 10.2. The number of benzene rings is 2. The molecule has 4 aromatic rings. The molecular weight excluding hydrogens is 480 g/mol. The van der Waals surface area contributed by atoms with Crippen molar-refractivity contribution in [2.24, 2.45) is 7.05 Å².